The molecule has 13 heteroatoms. The van der Waals surface area contributed by atoms with E-state index in [1.54, 1.807) is 0 Å². The van der Waals surface area contributed by atoms with Gasteiger partial charge >= 0.3 is 12.1 Å². The Bertz CT molecular complexity index is 1150. The van der Waals surface area contributed by atoms with Crippen molar-refractivity contribution < 1.29 is 39.8 Å². The fourth-order valence-electron chi connectivity index (χ4n) is 2.46. The topological polar surface area (TPSA) is 91.3 Å². The summed E-state index contributed by atoms with van der Waals surface area (Å²) in [5.74, 6) is -5.75. The Morgan fingerprint density at radius 2 is 1.74 bits per heavy atom. The third-order valence-electron chi connectivity index (χ3n) is 4.39. The average molecular weight is 507 g/mol. The van der Waals surface area contributed by atoms with Crippen molar-refractivity contribution in [1.82, 2.24) is 15.0 Å². The molecular weight excluding hydrogens is 485 g/mol. The number of alkyl halides is 5. The van der Waals surface area contributed by atoms with Gasteiger partial charge in [-0.15, -0.1) is 0 Å². The van der Waals surface area contributed by atoms with Gasteiger partial charge in [0.25, 0.3) is 0 Å². The number of pyridine rings is 1. The van der Waals surface area contributed by atoms with Gasteiger partial charge in [-0.3, -0.25) is 0 Å². The van der Waals surface area contributed by atoms with Crippen LogP contribution in [0.1, 0.15) is 20.8 Å². The fourth-order valence-corrected chi connectivity index (χ4v) is 3.52. The van der Waals surface area contributed by atoms with Crippen LogP contribution in [0.15, 0.2) is 53.4 Å². The van der Waals surface area contributed by atoms with Crippen LogP contribution in [0.2, 0.25) is 0 Å². The van der Waals surface area contributed by atoms with Gasteiger partial charge in [0.2, 0.25) is 5.88 Å². The molecule has 0 atom stereocenters. The first-order valence-corrected chi connectivity index (χ1v) is 11.5. The zero-order valence-electron chi connectivity index (χ0n) is 18.4. The van der Waals surface area contributed by atoms with Crippen molar-refractivity contribution in [3.8, 4) is 23.0 Å². The highest BCUT2D eigenvalue weighted by Crippen LogP contribution is 2.35. The minimum atomic E-state index is -5.78. The number of aromatic nitrogens is 3. The second kappa shape index (κ2) is 10.9. The Kier molecular flexibility index (Phi) is 8.70. The van der Waals surface area contributed by atoms with Crippen molar-refractivity contribution >= 4 is 9.84 Å². The number of halogens is 5. The van der Waals surface area contributed by atoms with Crippen LogP contribution >= 0.6 is 0 Å². The molecule has 0 spiro atoms. The smallest absolute Gasteiger partial charge is 0.456 e. The molecule has 2 aromatic heterocycles. The molecule has 186 valence electrons. The molecule has 34 heavy (non-hydrogen) atoms. The lowest BCUT2D eigenvalue weighted by Gasteiger charge is -2.19. The minimum Gasteiger partial charge on any atom is -0.487 e. The number of hydrogen-bond acceptors (Lipinski definition) is 7. The van der Waals surface area contributed by atoms with Gasteiger partial charge in [-0.1, -0.05) is 25.2 Å². The second-order valence-corrected chi connectivity index (χ2v) is 9.05. The molecule has 2 heterocycles. The predicted molar refractivity (Wildman–Crippen MR) is 114 cm³/mol. The number of rotatable bonds is 10. The Balaban J connectivity index is 2.31. The SMILES string of the molecule is C/C=C\C(=C/C)COc1cnc(-c2cnc(OCC(F)(F)C(F)(F)F)cn2)c(S(=O)(=O)CC)c1. The second-order valence-electron chi connectivity index (χ2n) is 6.80. The largest absolute Gasteiger partial charge is 0.487 e. The molecule has 0 unspecified atom stereocenters. The summed E-state index contributed by atoms with van der Waals surface area (Å²) in [5.41, 5.74) is 0.703. The monoisotopic (exact) mass is 507 g/mol. The first-order valence-electron chi connectivity index (χ1n) is 9.88. The maximum Gasteiger partial charge on any atom is 0.456 e. The van der Waals surface area contributed by atoms with E-state index in [2.05, 4.69) is 19.7 Å². The van der Waals surface area contributed by atoms with Gasteiger partial charge in [0.1, 0.15) is 23.7 Å². The van der Waals surface area contributed by atoms with Crippen molar-refractivity contribution in [3.63, 3.8) is 0 Å². The molecule has 0 fully saturated rings. The summed E-state index contributed by atoms with van der Waals surface area (Å²) >= 11 is 0. The summed E-state index contributed by atoms with van der Waals surface area (Å²) in [7, 11) is -3.80. The normalized spacial score (nSPS) is 13.4. The average Bonchev–Trinajstić information content (AvgIpc) is 2.80. The lowest BCUT2D eigenvalue weighted by atomic mass is 10.2. The van der Waals surface area contributed by atoms with Crippen LogP contribution < -0.4 is 9.47 Å². The van der Waals surface area contributed by atoms with Crippen LogP contribution in [0, 0.1) is 0 Å². The molecule has 0 amide bonds. The van der Waals surface area contributed by atoms with Crippen molar-refractivity contribution in [2.24, 2.45) is 0 Å². The predicted octanol–water partition coefficient (Wildman–Crippen LogP) is 4.81. The van der Waals surface area contributed by atoms with E-state index in [1.165, 1.54) is 19.2 Å². The summed E-state index contributed by atoms with van der Waals surface area (Å²) in [6, 6.07) is 1.28. The van der Waals surface area contributed by atoms with Gasteiger partial charge in [0, 0.05) is 6.07 Å². The van der Waals surface area contributed by atoms with E-state index in [-0.39, 0.29) is 34.4 Å². The van der Waals surface area contributed by atoms with Crippen LogP contribution in [-0.4, -0.2) is 54.4 Å². The third-order valence-corrected chi connectivity index (χ3v) is 6.13. The highest BCUT2D eigenvalue weighted by atomic mass is 32.2. The van der Waals surface area contributed by atoms with Crippen molar-refractivity contribution in [2.45, 2.75) is 37.8 Å². The number of allylic oxidation sites excluding steroid dienone is 2. The summed E-state index contributed by atoms with van der Waals surface area (Å²) < 4.78 is 98.1. The van der Waals surface area contributed by atoms with Crippen LogP contribution in [0.4, 0.5) is 22.0 Å². The molecule has 0 N–H and O–H groups in total. The maximum absolute atomic E-state index is 13.0. The van der Waals surface area contributed by atoms with Crippen LogP contribution in [0.25, 0.3) is 11.4 Å². The molecule has 2 rings (SSSR count). The maximum atomic E-state index is 13.0. The van der Waals surface area contributed by atoms with E-state index >= 15 is 0 Å². The quantitative estimate of drug-likeness (QED) is 0.337. The molecule has 0 radical (unpaired) electrons. The number of ether oxygens (including phenoxy) is 2. The van der Waals surface area contributed by atoms with E-state index in [9.17, 15) is 30.4 Å². The van der Waals surface area contributed by atoms with Gasteiger partial charge in [-0.2, -0.15) is 22.0 Å². The van der Waals surface area contributed by atoms with E-state index in [4.69, 9.17) is 4.74 Å². The Morgan fingerprint density at radius 1 is 1.03 bits per heavy atom. The highest BCUT2D eigenvalue weighted by molar-refractivity contribution is 7.91. The zero-order valence-corrected chi connectivity index (χ0v) is 19.3. The van der Waals surface area contributed by atoms with Crippen molar-refractivity contribution in [1.29, 1.82) is 0 Å². The molecule has 0 saturated carbocycles. The first kappa shape index (κ1) is 27.2. The summed E-state index contributed by atoms with van der Waals surface area (Å²) in [4.78, 5) is 11.4. The minimum absolute atomic E-state index is 0.0587. The molecule has 0 aliphatic heterocycles. The molecule has 0 bridgehead atoms. The Labute approximate surface area is 193 Å². The van der Waals surface area contributed by atoms with E-state index in [1.807, 2.05) is 32.1 Å². The highest BCUT2D eigenvalue weighted by Gasteiger charge is 2.58. The first-order chi connectivity index (χ1) is 15.8. The summed E-state index contributed by atoms with van der Waals surface area (Å²) in [6.07, 6.45) is 2.74. The molecule has 0 aliphatic carbocycles. The molecule has 0 aromatic carbocycles. The van der Waals surface area contributed by atoms with Gasteiger partial charge in [-0.25, -0.2) is 23.4 Å². The van der Waals surface area contributed by atoms with Crippen molar-refractivity contribution in [3.05, 3.63) is 48.5 Å². The van der Waals surface area contributed by atoms with Crippen LogP contribution in [-0.2, 0) is 9.84 Å². The van der Waals surface area contributed by atoms with Crippen molar-refractivity contribution in [2.75, 3.05) is 19.0 Å². The molecule has 7 nitrogen and oxygen atoms in total. The van der Waals surface area contributed by atoms with Gasteiger partial charge < -0.3 is 9.47 Å². The summed E-state index contributed by atoms with van der Waals surface area (Å²) in [6.45, 7) is 3.28. The van der Waals surface area contributed by atoms with Gasteiger partial charge in [-0.05, 0) is 19.4 Å². The Morgan fingerprint density at radius 3 is 2.26 bits per heavy atom. The number of nitrogens with zero attached hydrogens (tertiary/aromatic N) is 3. The molecule has 0 saturated heterocycles. The molecule has 2 aromatic rings. The van der Waals surface area contributed by atoms with Crippen LogP contribution in [0.5, 0.6) is 11.6 Å². The molecule has 0 aliphatic rings. The van der Waals surface area contributed by atoms with Gasteiger partial charge in [0.15, 0.2) is 16.4 Å². The standard InChI is InChI=1S/C21H22F5N3O4S/c1-4-7-14(5-2)12-32-15-8-17(34(30,31)6-3)19(29-9-15)16-10-28-18(11-27-16)33-13-20(22,23)21(24,25)26/h4-5,7-11H,6,12-13H2,1-3H3/b7-4-,14-5+. The number of hydrogen-bond donors (Lipinski definition) is 0. The fraction of sp³-hybridized carbons (Fsp3) is 0.381. The zero-order chi connectivity index (χ0) is 25.6. The van der Waals surface area contributed by atoms with Gasteiger partial charge in [0.05, 0.1) is 29.2 Å². The molecular formula is C21H22F5N3O4S. The summed E-state index contributed by atoms with van der Waals surface area (Å²) in [5, 5.41) is 0. The van der Waals surface area contributed by atoms with Crippen LogP contribution in [0.3, 0.4) is 0 Å². The lowest BCUT2D eigenvalue weighted by molar-refractivity contribution is -0.290. The lowest BCUT2D eigenvalue weighted by Crippen LogP contribution is -2.41. The third kappa shape index (κ3) is 6.72. The van der Waals surface area contributed by atoms with E-state index < -0.39 is 34.4 Å². The number of sulfone groups is 1. The van der Waals surface area contributed by atoms with E-state index in [0.717, 1.165) is 18.0 Å². The van der Waals surface area contributed by atoms with E-state index in [0.29, 0.717) is 0 Å². The Hall–Kier alpha value is -3.09.